The Morgan fingerprint density at radius 2 is 2.45 bits per heavy atom. The summed E-state index contributed by atoms with van der Waals surface area (Å²) in [6, 6.07) is 0. The average molecular weight is 213 g/mol. The highest BCUT2D eigenvalue weighted by atomic mass is 79.9. The molecule has 1 aromatic rings. The van der Waals surface area contributed by atoms with E-state index in [1.165, 1.54) is 0 Å². The van der Waals surface area contributed by atoms with Gasteiger partial charge in [-0.3, -0.25) is 4.68 Å². The highest BCUT2D eigenvalue weighted by Crippen LogP contribution is 1.99. The summed E-state index contributed by atoms with van der Waals surface area (Å²) in [4.78, 5) is 0. The van der Waals surface area contributed by atoms with Crippen molar-refractivity contribution in [1.29, 1.82) is 0 Å². The molecule has 0 aliphatic heterocycles. The number of aromatic nitrogens is 2. The molecule has 0 spiro atoms. The molecule has 0 atom stereocenters. The van der Waals surface area contributed by atoms with Gasteiger partial charge in [0.1, 0.15) is 0 Å². The summed E-state index contributed by atoms with van der Waals surface area (Å²) in [7, 11) is 1.87. The zero-order valence-electron chi connectivity index (χ0n) is 6.34. The third-order valence-electron chi connectivity index (χ3n) is 1.36. The maximum atomic E-state index is 4.03. The summed E-state index contributed by atoms with van der Waals surface area (Å²) in [5.41, 5.74) is 0. The average Bonchev–Trinajstić information content (AvgIpc) is 2.18. The molecule has 0 aliphatic rings. The highest BCUT2D eigenvalue weighted by Gasteiger charge is 1.89. The van der Waals surface area contributed by atoms with Crippen LogP contribution < -0.4 is 10.6 Å². The van der Waals surface area contributed by atoms with E-state index >= 15 is 0 Å². The van der Waals surface area contributed by atoms with E-state index in [2.05, 4.69) is 34.2 Å². The van der Waals surface area contributed by atoms with Gasteiger partial charge in [-0.05, 0) is 6.08 Å². The summed E-state index contributed by atoms with van der Waals surface area (Å²) in [5, 5.41) is 5.92. The summed E-state index contributed by atoms with van der Waals surface area (Å²) in [5.74, 6) is 0. The predicted molar refractivity (Wildman–Crippen MR) is 50.5 cm³/mol. The fourth-order valence-electron chi connectivity index (χ4n) is 0.827. The second kappa shape index (κ2) is 3.05. The third kappa shape index (κ3) is 1.80. The van der Waals surface area contributed by atoms with E-state index in [9.17, 15) is 0 Å². The summed E-state index contributed by atoms with van der Waals surface area (Å²) in [6.45, 7) is 7.52. The maximum Gasteiger partial charge on any atom is 0.0684 e. The van der Waals surface area contributed by atoms with Gasteiger partial charge in [-0.1, -0.05) is 29.1 Å². The van der Waals surface area contributed by atoms with Crippen molar-refractivity contribution in [3.63, 3.8) is 0 Å². The second-order valence-corrected chi connectivity index (χ2v) is 3.29. The first-order valence-corrected chi connectivity index (χ1v) is 3.93. The minimum Gasteiger partial charge on any atom is -0.268 e. The Bertz CT molecular complexity index is 375. The Labute approximate surface area is 73.7 Å². The van der Waals surface area contributed by atoms with Gasteiger partial charge >= 0.3 is 0 Å². The Balaban J connectivity index is 3.43. The lowest BCUT2D eigenvalue weighted by atomic mass is 10.4. The molecule has 0 saturated heterocycles. The van der Waals surface area contributed by atoms with E-state index in [4.69, 9.17) is 0 Å². The molecule has 0 saturated carbocycles. The van der Waals surface area contributed by atoms with Crippen LogP contribution in [0.25, 0.3) is 12.7 Å². The van der Waals surface area contributed by atoms with Gasteiger partial charge in [0.05, 0.1) is 11.5 Å². The number of halogens is 1. The van der Waals surface area contributed by atoms with Crippen LogP contribution in [-0.4, -0.2) is 9.78 Å². The molecule has 0 amide bonds. The van der Waals surface area contributed by atoms with Crippen LogP contribution in [-0.2, 0) is 7.05 Å². The van der Waals surface area contributed by atoms with E-state index < -0.39 is 0 Å². The maximum absolute atomic E-state index is 4.03. The van der Waals surface area contributed by atoms with Crippen LogP contribution in [0.3, 0.4) is 0 Å². The van der Waals surface area contributed by atoms with Gasteiger partial charge in [0.25, 0.3) is 0 Å². The number of rotatable bonds is 1. The van der Waals surface area contributed by atoms with E-state index in [1.54, 1.807) is 10.9 Å². The fourth-order valence-corrected chi connectivity index (χ4v) is 1.04. The number of hydrogen-bond donors (Lipinski definition) is 0. The van der Waals surface area contributed by atoms with Crippen molar-refractivity contribution in [3.05, 3.63) is 27.8 Å². The zero-order chi connectivity index (χ0) is 8.43. The molecule has 0 fully saturated rings. The largest absolute Gasteiger partial charge is 0.268 e. The number of nitrogens with zero attached hydrogens (tertiary/aromatic N) is 2. The van der Waals surface area contributed by atoms with Crippen LogP contribution in [0, 0.1) is 0 Å². The van der Waals surface area contributed by atoms with Crippen LogP contribution in [0.5, 0.6) is 0 Å². The van der Waals surface area contributed by atoms with E-state index in [-0.39, 0.29) is 0 Å². The smallest absolute Gasteiger partial charge is 0.0684 e. The molecule has 0 unspecified atom stereocenters. The van der Waals surface area contributed by atoms with Crippen molar-refractivity contribution in [2.24, 2.45) is 7.05 Å². The molecular formula is C8H9BrN2. The third-order valence-corrected chi connectivity index (χ3v) is 1.59. The van der Waals surface area contributed by atoms with Gasteiger partial charge in [0.2, 0.25) is 0 Å². The van der Waals surface area contributed by atoms with Crippen LogP contribution in [0.1, 0.15) is 0 Å². The molecule has 0 aromatic carbocycles. The molecule has 0 N–H and O–H groups in total. The first-order chi connectivity index (χ1) is 5.11. The molecule has 3 heteroatoms. The summed E-state index contributed by atoms with van der Waals surface area (Å²) >= 11 is 3.25. The first-order valence-electron chi connectivity index (χ1n) is 3.14. The highest BCUT2D eigenvalue weighted by molar-refractivity contribution is 9.12. The number of allylic oxidation sites excluding steroid dienone is 1. The topological polar surface area (TPSA) is 17.8 Å². The molecule has 1 aromatic heterocycles. The van der Waals surface area contributed by atoms with Crippen LogP contribution in [0.15, 0.2) is 17.3 Å². The monoisotopic (exact) mass is 212 g/mol. The lowest BCUT2D eigenvalue weighted by molar-refractivity contribution is 0.743. The predicted octanol–water partition coefficient (Wildman–Crippen LogP) is 0.519. The molecule has 1 rings (SSSR count). The molecule has 58 valence electrons. The molecule has 0 bridgehead atoms. The van der Waals surface area contributed by atoms with Crippen molar-refractivity contribution in [1.82, 2.24) is 9.78 Å². The molecule has 2 nitrogen and oxygen atoms in total. The van der Waals surface area contributed by atoms with Crippen LogP contribution in [0.2, 0.25) is 0 Å². The number of hydrogen-bond acceptors (Lipinski definition) is 1. The molecule has 11 heavy (non-hydrogen) atoms. The van der Waals surface area contributed by atoms with E-state index in [1.807, 2.05) is 13.1 Å². The van der Waals surface area contributed by atoms with E-state index in [0.717, 1.165) is 15.1 Å². The lowest BCUT2D eigenvalue weighted by Gasteiger charge is -1.87. The van der Waals surface area contributed by atoms with Crippen molar-refractivity contribution in [2.75, 3.05) is 0 Å². The van der Waals surface area contributed by atoms with Crippen molar-refractivity contribution in [3.8, 4) is 0 Å². The van der Waals surface area contributed by atoms with Crippen LogP contribution in [0.4, 0.5) is 0 Å². The Morgan fingerprint density at radius 3 is 2.82 bits per heavy atom. The number of aryl methyl sites for hydroxylation is 1. The van der Waals surface area contributed by atoms with Crippen molar-refractivity contribution < 1.29 is 0 Å². The molecule has 0 radical (unpaired) electrons. The minimum atomic E-state index is 0.825. The van der Waals surface area contributed by atoms with Gasteiger partial charge in [-0.25, -0.2) is 0 Å². The Hall–Kier alpha value is -0.830. The minimum absolute atomic E-state index is 0.825. The van der Waals surface area contributed by atoms with Crippen molar-refractivity contribution in [2.45, 2.75) is 0 Å². The second-order valence-electron chi connectivity index (χ2n) is 2.27. The van der Waals surface area contributed by atoms with Gasteiger partial charge in [-0.15, -0.1) is 0 Å². The lowest BCUT2D eigenvalue weighted by Crippen LogP contribution is -2.26. The summed E-state index contributed by atoms with van der Waals surface area (Å²) < 4.78 is 2.58. The normalized spacial score (nSPS) is 12.0. The first kappa shape index (κ1) is 8.27. The molecular weight excluding hydrogens is 204 g/mol. The van der Waals surface area contributed by atoms with Gasteiger partial charge in [0, 0.05) is 16.7 Å². The molecule has 1 heterocycles. The zero-order valence-corrected chi connectivity index (χ0v) is 7.93. The standard InChI is InChI=1S/C8H9BrN2/c1-6-5-10-11(3)8(6)4-7(2)9/h4-5H,1-2H2,3H3/b8-4+. The molecule has 0 aliphatic carbocycles. The van der Waals surface area contributed by atoms with Gasteiger partial charge < -0.3 is 0 Å². The summed E-state index contributed by atoms with van der Waals surface area (Å²) in [6.07, 6.45) is 3.61. The van der Waals surface area contributed by atoms with Gasteiger partial charge in [0.15, 0.2) is 0 Å². The quantitative estimate of drug-likeness (QED) is 0.664. The van der Waals surface area contributed by atoms with Crippen molar-refractivity contribution >= 4 is 28.6 Å². The Morgan fingerprint density at radius 1 is 1.82 bits per heavy atom. The fraction of sp³-hybridized carbons (Fsp3) is 0.125. The SMILES string of the molecule is C=C(Br)/C=c1\c(=C)cnn1C. The van der Waals surface area contributed by atoms with E-state index in [0.29, 0.717) is 0 Å². The Kier molecular flexibility index (Phi) is 2.29. The van der Waals surface area contributed by atoms with Crippen LogP contribution >= 0.6 is 15.9 Å². The van der Waals surface area contributed by atoms with Gasteiger partial charge in [-0.2, -0.15) is 5.10 Å².